The number of fused-ring (bicyclic) bond motifs is 1. The molecule has 0 aromatic heterocycles. The Bertz CT molecular complexity index is 961. The van der Waals surface area contributed by atoms with Gasteiger partial charge in [0.25, 0.3) is 0 Å². The second-order valence-corrected chi connectivity index (χ2v) is 6.09. The van der Waals surface area contributed by atoms with E-state index in [2.05, 4.69) is 0 Å². The Balaban J connectivity index is 1.89. The van der Waals surface area contributed by atoms with Crippen LogP contribution in [0, 0.1) is 0 Å². The fraction of sp³-hybridized carbons (Fsp3) is 0.0952. The molecule has 4 heteroatoms. The van der Waals surface area contributed by atoms with Crippen LogP contribution in [0.1, 0.15) is 21.5 Å². The lowest BCUT2D eigenvalue weighted by molar-refractivity contribution is 0.104. The monoisotopic (exact) mass is 352 g/mol. The van der Waals surface area contributed by atoms with Crippen molar-refractivity contribution in [3.05, 3.63) is 82.4 Å². The Hall–Kier alpha value is -2.62. The summed E-state index contributed by atoms with van der Waals surface area (Å²) in [4.78, 5) is 12.5. The average Bonchev–Trinajstić information content (AvgIpc) is 2.62. The summed E-state index contributed by atoms with van der Waals surface area (Å²) in [6.07, 6.45) is 3.20. The van der Waals surface area contributed by atoms with E-state index in [4.69, 9.17) is 16.3 Å². The number of methoxy groups -OCH3 is 1. The molecule has 3 aromatic rings. The van der Waals surface area contributed by atoms with E-state index >= 15 is 0 Å². The molecule has 0 spiro atoms. The van der Waals surface area contributed by atoms with Crippen molar-refractivity contribution in [1.82, 2.24) is 0 Å². The maximum atomic E-state index is 12.5. The van der Waals surface area contributed by atoms with E-state index in [1.54, 1.807) is 19.3 Å². The molecule has 0 saturated carbocycles. The smallest absolute Gasteiger partial charge is 0.187 e. The molecule has 0 fully saturated rings. The van der Waals surface area contributed by atoms with Crippen LogP contribution in [-0.2, 0) is 11.3 Å². The van der Waals surface area contributed by atoms with Gasteiger partial charge in [-0.3, -0.25) is 4.79 Å². The van der Waals surface area contributed by atoms with Crippen LogP contribution < -0.4 is 0 Å². The van der Waals surface area contributed by atoms with Crippen molar-refractivity contribution in [2.75, 3.05) is 7.11 Å². The maximum Gasteiger partial charge on any atom is 0.187 e. The van der Waals surface area contributed by atoms with Crippen molar-refractivity contribution in [1.29, 1.82) is 0 Å². The Morgan fingerprint density at radius 2 is 1.88 bits per heavy atom. The minimum atomic E-state index is -0.272. The van der Waals surface area contributed by atoms with Crippen molar-refractivity contribution in [2.24, 2.45) is 0 Å². The van der Waals surface area contributed by atoms with Crippen LogP contribution >= 0.6 is 11.6 Å². The zero-order valence-corrected chi connectivity index (χ0v) is 14.5. The predicted octanol–water partition coefficient (Wildman–Crippen LogP) is 5.24. The molecule has 126 valence electrons. The van der Waals surface area contributed by atoms with Gasteiger partial charge in [0.15, 0.2) is 5.78 Å². The number of hydrogen-bond acceptors (Lipinski definition) is 3. The molecule has 0 amide bonds. The van der Waals surface area contributed by atoms with Gasteiger partial charge in [-0.05, 0) is 46.2 Å². The first-order chi connectivity index (χ1) is 12.1. The van der Waals surface area contributed by atoms with Crippen LogP contribution in [0.4, 0.5) is 0 Å². The molecule has 0 unspecified atom stereocenters. The number of ether oxygens (including phenoxy) is 1. The molecule has 0 saturated heterocycles. The number of halogens is 1. The third-order valence-corrected chi connectivity index (χ3v) is 4.29. The molecule has 1 N–H and O–H groups in total. The first-order valence-corrected chi connectivity index (χ1v) is 8.18. The van der Waals surface area contributed by atoms with E-state index in [0.717, 1.165) is 16.3 Å². The lowest BCUT2D eigenvalue weighted by Crippen LogP contribution is -1.99. The molecular formula is C21H17ClO3. The number of carbonyl (C=O) groups is 1. The fourth-order valence-corrected chi connectivity index (χ4v) is 2.87. The highest BCUT2D eigenvalue weighted by atomic mass is 35.5. The number of carbonyl (C=O) groups excluding carboxylic acids is 1. The largest absolute Gasteiger partial charge is 0.506 e. The third kappa shape index (κ3) is 3.90. The number of rotatable bonds is 5. The molecule has 3 aromatic carbocycles. The highest BCUT2D eigenvalue weighted by Crippen LogP contribution is 2.30. The second kappa shape index (κ2) is 7.51. The topological polar surface area (TPSA) is 46.5 Å². The standard InChI is InChI=1S/C21H17ClO3/c1-25-13-15-11-18(21(22)20(24)12-15)19(23)9-7-14-6-8-16-4-2-3-5-17(16)10-14/h2-12,24H,13H2,1H3/b9-7+. The Morgan fingerprint density at radius 3 is 2.64 bits per heavy atom. The summed E-state index contributed by atoms with van der Waals surface area (Å²) in [6.45, 7) is 0.291. The third-order valence-electron chi connectivity index (χ3n) is 3.89. The molecule has 0 radical (unpaired) electrons. The lowest BCUT2D eigenvalue weighted by Gasteiger charge is -2.07. The highest BCUT2D eigenvalue weighted by Gasteiger charge is 2.13. The lowest BCUT2D eigenvalue weighted by atomic mass is 10.0. The predicted molar refractivity (Wildman–Crippen MR) is 101 cm³/mol. The van der Waals surface area contributed by atoms with Crippen molar-refractivity contribution in [3.63, 3.8) is 0 Å². The van der Waals surface area contributed by atoms with E-state index in [-0.39, 0.29) is 22.1 Å². The molecule has 3 nitrogen and oxygen atoms in total. The molecular weight excluding hydrogens is 336 g/mol. The minimum Gasteiger partial charge on any atom is -0.506 e. The average molecular weight is 353 g/mol. The summed E-state index contributed by atoms with van der Waals surface area (Å²) in [7, 11) is 1.55. The summed E-state index contributed by atoms with van der Waals surface area (Å²) < 4.78 is 5.04. The van der Waals surface area contributed by atoms with Crippen molar-refractivity contribution < 1.29 is 14.6 Å². The number of phenolic OH excluding ortho intramolecular Hbond substituents is 1. The zero-order chi connectivity index (χ0) is 17.8. The number of allylic oxidation sites excluding steroid dienone is 1. The number of phenols is 1. The van der Waals surface area contributed by atoms with Gasteiger partial charge in [-0.1, -0.05) is 54.1 Å². The summed E-state index contributed by atoms with van der Waals surface area (Å²) in [6, 6.07) is 17.1. The number of ketones is 1. The van der Waals surface area contributed by atoms with Gasteiger partial charge >= 0.3 is 0 Å². The van der Waals surface area contributed by atoms with E-state index < -0.39 is 0 Å². The van der Waals surface area contributed by atoms with Gasteiger partial charge in [-0.25, -0.2) is 0 Å². The normalized spacial score (nSPS) is 11.3. The SMILES string of the molecule is COCc1cc(O)c(Cl)c(C(=O)/C=C/c2ccc3ccccc3c2)c1. The number of aromatic hydroxyl groups is 1. The number of benzene rings is 3. The van der Waals surface area contributed by atoms with E-state index in [9.17, 15) is 9.90 Å². The van der Waals surface area contributed by atoms with Crippen molar-refractivity contribution in [2.45, 2.75) is 6.61 Å². The Morgan fingerprint density at radius 1 is 1.12 bits per heavy atom. The van der Waals surface area contributed by atoms with E-state index in [1.165, 1.54) is 12.1 Å². The molecule has 0 bridgehead atoms. The summed E-state index contributed by atoms with van der Waals surface area (Å²) in [5, 5.41) is 12.2. The summed E-state index contributed by atoms with van der Waals surface area (Å²) >= 11 is 6.07. The van der Waals surface area contributed by atoms with Crippen LogP contribution in [0.5, 0.6) is 5.75 Å². The van der Waals surface area contributed by atoms with E-state index in [1.807, 2.05) is 42.5 Å². The van der Waals surface area contributed by atoms with Gasteiger partial charge < -0.3 is 9.84 Å². The Labute approximate surface area is 151 Å². The van der Waals surface area contributed by atoms with Gasteiger partial charge in [0, 0.05) is 12.7 Å². The van der Waals surface area contributed by atoms with Gasteiger partial charge in [0.2, 0.25) is 0 Å². The zero-order valence-electron chi connectivity index (χ0n) is 13.7. The van der Waals surface area contributed by atoms with Gasteiger partial charge in [0.05, 0.1) is 11.6 Å². The first-order valence-electron chi connectivity index (χ1n) is 7.80. The van der Waals surface area contributed by atoms with E-state index in [0.29, 0.717) is 12.2 Å². The fourth-order valence-electron chi connectivity index (χ4n) is 2.67. The molecule has 0 aliphatic heterocycles. The summed E-state index contributed by atoms with van der Waals surface area (Å²) in [5.74, 6) is -0.398. The van der Waals surface area contributed by atoms with Crippen LogP contribution in [-0.4, -0.2) is 18.0 Å². The molecule has 25 heavy (non-hydrogen) atoms. The number of hydrogen-bond donors (Lipinski definition) is 1. The first kappa shape index (κ1) is 17.2. The van der Waals surface area contributed by atoms with Crippen LogP contribution in [0.25, 0.3) is 16.8 Å². The molecule has 0 heterocycles. The van der Waals surface area contributed by atoms with Crippen LogP contribution in [0.3, 0.4) is 0 Å². The quantitative estimate of drug-likeness (QED) is 0.504. The minimum absolute atomic E-state index is 0.0491. The molecule has 3 rings (SSSR count). The molecule has 0 aliphatic rings. The van der Waals surface area contributed by atoms with Crippen molar-refractivity contribution in [3.8, 4) is 5.75 Å². The Kier molecular flexibility index (Phi) is 5.17. The summed E-state index contributed by atoms with van der Waals surface area (Å²) in [5.41, 5.74) is 1.86. The van der Waals surface area contributed by atoms with Gasteiger partial charge in [0.1, 0.15) is 5.75 Å². The highest BCUT2D eigenvalue weighted by molar-refractivity contribution is 6.36. The van der Waals surface area contributed by atoms with Crippen LogP contribution in [0.15, 0.2) is 60.7 Å². The van der Waals surface area contributed by atoms with Gasteiger partial charge in [-0.2, -0.15) is 0 Å². The second-order valence-electron chi connectivity index (χ2n) is 5.71. The molecule has 0 aliphatic carbocycles. The van der Waals surface area contributed by atoms with Crippen LogP contribution in [0.2, 0.25) is 5.02 Å². The van der Waals surface area contributed by atoms with Crippen molar-refractivity contribution >= 4 is 34.2 Å². The molecule has 0 atom stereocenters. The maximum absolute atomic E-state index is 12.5. The van der Waals surface area contributed by atoms with Gasteiger partial charge in [-0.15, -0.1) is 0 Å².